The topological polar surface area (TPSA) is 29.5 Å². The number of fused-ring (bicyclic) bond motifs is 3. The second-order valence-electron chi connectivity index (χ2n) is 4.32. The number of nitrogens with zero attached hydrogens (tertiary/aromatic N) is 1. The van der Waals surface area contributed by atoms with Crippen molar-refractivity contribution in [1.82, 2.24) is 0 Å². The highest BCUT2D eigenvalue weighted by Crippen LogP contribution is 2.36. The van der Waals surface area contributed by atoms with E-state index in [0.29, 0.717) is 12.5 Å². The highest BCUT2D eigenvalue weighted by Gasteiger charge is 2.41. The summed E-state index contributed by atoms with van der Waals surface area (Å²) in [5.74, 6) is 0.478. The third-order valence-electron chi connectivity index (χ3n) is 3.36. The van der Waals surface area contributed by atoms with Gasteiger partial charge in [-0.25, -0.2) is 4.79 Å². The second kappa shape index (κ2) is 2.99. The van der Waals surface area contributed by atoms with Crippen LogP contribution in [0.1, 0.15) is 12.5 Å². The van der Waals surface area contributed by atoms with Crippen LogP contribution < -0.4 is 4.90 Å². The largest absolute Gasteiger partial charge is 0.447 e. The van der Waals surface area contributed by atoms with Crippen molar-refractivity contribution < 1.29 is 9.53 Å². The lowest BCUT2D eigenvalue weighted by Crippen LogP contribution is -2.42. The maximum absolute atomic E-state index is 11.6. The van der Waals surface area contributed by atoms with Gasteiger partial charge in [-0.15, -0.1) is 0 Å². The summed E-state index contributed by atoms with van der Waals surface area (Å²) in [7, 11) is 0. The number of hydrogen-bond donors (Lipinski definition) is 0. The fraction of sp³-hybridized carbons (Fsp3) is 0.417. The van der Waals surface area contributed by atoms with Crippen LogP contribution in [0, 0.1) is 5.92 Å². The summed E-state index contributed by atoms with van der Waals surface area (Å²) in [6.45, 7) is 2.71. The first kappa shape index (κ1) is 8.77. The molecule has 3 nitrogen and oxygen atoms in total. The third-order valence-corrected chi connectivity index (χ3v) is 3.36. The van der Waals surface area contributed by atoms with Gasteiger partial charge in [0.15, 0.2) is 0 Å². The summed E-state index contributed by atoms with van der Waals surface area (Å²) in [5, 5.41) is 0. The van der Waals surface area contributed by atoms with Crippen molar-refractivity contribution in [2.75, 3.05) is 11.5 Å². The van der Waals surface area contributed by atoms with E-state index in [0.717, 1.165) is 12.1 Å². The van der Waals surface area contributed by atoms with Gasteiger partial charge in [-0.05, 0) is 24.0 Å². The Bertz CT molecular complexity index is 416. The third kappa shape index (κ3) is 1.16. The quantitative estimate of drug-likeness (QED) is 0.647. The molecule has 15 heavy (non-hydrogen) atoms. The Hall–Kier alpha value is -1.51. The summed E-state index contributed by atoms with van der Waals surface area (Å²) < 4.78 is 5.11. The molecular weight excluding hydrogens is 190 g/mol. The Balaban J connectivity index is 2.12. The Kier molecular flexibility index (Phi) is 1.75. The van der Waals surface area contributed by atoms with E-state index in [9.17, 15) is 4.79 Å². The summed E-state index contributed by atoms with van der Waals surface area (Å²) in [6.07, 6.45) is 0.840. The number of anilines is 1. The van der Waals surface area contributed by atoms with E-state index in [-0.39, 0.29) is 12.1 Å². The molecule has 1 amide bonds. The summed E-state index contributed by atoms with van der Waals surface area (Å²) in [6, 6.07) is 8.31. The summed E-state index contributed by atoms with van der Waals surface area (Å²) >= 11 is 0. The maximum Gasteiger partial charge on any atom is 0.414 e. The lowest BCUT2D eigenvalue weighted by Gasteiger charge is -2.33. The van der Waals surface area contributed by atoms with Crippen molar-refractivity contribution in [1.29, 1.82) is 0 Å². The fourth-order valence-corrected chi connectivity index (χ4v) is 2.53. The van der Waals surface area contributed by atoms with Crippen LogP contribution in [0.15, 0.2) is 24.3 Å². The number of rotatable bonds is 0. The number of carbonyl (C=O) groups excluding carboxylic acids is 1. The summed E-state index contributed by atoms with van der Waals surface area (Å²) in [5.41, 5.74) is 2.28. The number of para-hydroxylation sites is 1. The van der Waals surface area contributed by atoms with Gasteiger partial charge in [0.25, 0.3) is 0 Å². The zero-order valence-electron chi connectivity index (χ0n) is 8.64. The average molecular weight is 203 g/mol. The first-order chi connectivity index (χ1) is 7.27. The van der Waals surface area contributed by atoms with Crippen LogP contribution in [-0.2, 0) is 11.2 Å². The highest BCUT2D eigenvalue weighted by molar-refractivity contribution is 5.92. The number of carbonyl (C=O) groups is 1. The molecule has 3 heteroatoms. The predicted molar refractivity (Wildman–Crippen MR) is 56.9 cm³/mol. The van der Waals surface area contributed by atoms with Gasteiger partial charge in [0, 0.05) is 0 Å². The smallest absolute Gasteiger partial charge is 0.414 e. The van der Waals surface area contributed by atoms with Gasteiger partial charge < -0.3 is 4.74 Å². The Morgan fingerprint density at radius 3 is 3.07 bits per heavy atom. The Labute approximate surface area is 88.6 Å². The predicted octanol–water partition coefficient (Wildman–Crippen LogP) is 2.20. The second-order valence-corrected chi connectivity index (χ2v) is 4.32. The zero-order valence-corrected chi connectivity index (χ0v) is 8.64. The molecule has 1 aromatic rings. The van der Waals surface area contributed by atoms with Gasteiger partial charge in [-0.3, -0.25) is 4.90 Å². The van der Waals surface area contributed by atoms with E-state index in [4.69, 9.17) is 4.74 Å². The number of ether oxygens (including phenoxy) is 1. The van der Waals surface area contributed by atoms with Gasteiger partial charge in [0.1, 0.15) is 6.61 Å². The fourth-order valence-electron chi connectivity index (χ4n) is 2.53. The number of amides is 1. The maximum atomic E-state index is 11.6. The first-order valence-corrected chi connectivity index (χ1v) is 5.31. The first-order valence-electron chi connectivity index (χ1n) is 5.31. The molecule has 0 unspecified atom stereocenters. The molecule has 78 valence electrons. The normalized spacial score (nSPS) is 28.3. The van der Waals surface area contributed by atoms with Crippen molar-refractivity contribution in [3.05, 3.63) is 29.8 Å². The van der Waals surface area contributed by atoms with Gasteiger partial charge in [0.2, 0.25) is 0 Å². The van der Waals surface area contributed by atoms with Crippen molar-refractivity contribution in [2.45, 2.75) is 19.4 Å². The van der Waals surface area contributed by atoms with E-state index in [1.165, 1.54) is 5.56 Å². The van der Waals surface area contributed by atoms with Crippen LogP contribution >= 0.6 is 0 Å². The molecule has 2 aliphatic rings. The van der Waals surface area contributed by atoms with Gasteiger partial charge >= 0.3 is 6.09 Å². The molecule has 0 bridgehead atoms. The Morgan fingerprint density at radius 1 is 1.40 bits per heavy atom. The lowest BCUT2D eigenvalue weighted by atomic mass is 9.88. The molecule has 0 aliphatic carbocycles. The molecule has 2 heterocycles. The molecule has 1 saturated heterocycles. The van der Waals surface area contributed by atoms with Gasteiger partial charge in [-0.1, -0.05) is 25.1 Å². The van der Waals surface area contributed by atoms with Crippen molar-refractivity contribution in [3.8, 4) is 0 Å². The molecule has 1 fully saturated rings. The van der Waals surface area contributed by atoms with Crippen LogP contribution in [0.4, 0.5) is 10.5 Å². The van der Waals surface area contributed by atoms with Crippen molar-refractivity contribution >= 4 is 11.8 Å². The van der Waals surface area contributed by atoms with Crippen molar-refractivity contribution in [2.24, 2.45) is 5.92 Å². The standard InChI is InChI=1S/C12H13NO2/c1-8-6-9-4-2-3-5-10(9)13-11(8)7-15-12(13)14/h2-5,8,11H,6-7H2,1H3/t8-,11-/m1/s1. The molecule has 0 N–H and O–H groups in total. The Morgan fingerprint density at radius 2 is 2.20 bits per heavy atom. The van der Waals surface area contributed by atoms with Crippen LogP contribution in [0.25, 0.3) is 0 Å². The van der Waals surface area contributed by atoms with E-state index < -0.39 is 0 Å². The molecule has 3 rings (SSSR count). The van der Waals surface area contributed by atoms with Crippen LogP contribution in [0.2, 0.25) is 0 Å². The van der Waals surface area contributed by atoms with E-state index in [1.807, 2.05) is 23.1 Å². The number of hydrogen-bond acceptors (Lipinski definition) is 2. The van der Waals surface area contributed by atoms with Gasteiger partial charge in [-0.2, -0.15) is 0 Å². The zero-order chi connectivity index (χ0) is 10.4. The molecule has 1 aromatic carbocycles. The molecule has 0 saturated carbocycles. The molecule has 0 spiro atoms. The SMILES string of the molecule is C[C@@H]1Cc2ccccc2N2C(=O)OC[C@H]12. The monoisotopic (exact) mass is 203 g/mol. The molecule has 2 aliphatic heterocycles. The van der Waals surface area contributed by atoms with Crippen LogP contribution in [-0.4, -0.2) is 18.7 Å². The number of cyclic esters (lactones) is 1. The van der Waals surface area contributed by atoms with E-state index >= 15 is 0 Å². The highest BCUT2D eigenvalue weighted by atomic mass is 16.6. The molecular formula is C12H13NO2. The van der Waals surface area contributed by atoms with E-state index in [2.05, 4.69) is 13.0 Å². The van der Waals surface area contributed by atoms with Crippen LogP contribution in [0.3, 0.4) is 0 Å². The summed E-state index contributed by atoms with van der Waals surface area (Å²) in [4.78, 5) is 13.4. The van der Waals surface area contributed by atoms with Crippen molar-refractivity contribution in [3.63, 3.8) is 0 Å². The minimum absolute atomic E-state index is 0.195. The van der Waals surface area contributed by atoms with Crippen LogP contribution in [0.5, 0.6) is 0 Å². The van der Waals surface area contributed by atoms with Gasteiger partial charge in [0.05, 0.1) is 11.7 Å². The minimum atomic E-state index is -0.195. The van der Waals surface area contributed by atoms with E-state index in [1.54, 1.807) is 0 Å². The molecule has 0 aromatic heterocycles. The lowest BCUT2D eigenvalue weighted by molar-refractivity contribution is 0.177. The molecule has 0 radical (unpaired) electrons. The minimum Gasteiger partial charge on any atom is -0.447 e. The molecule has 2 atom stereocenters. The average Bonchev–Trinajstić information content (AvgIpc) is 2.62. The number of benzene rings is 1.